The van der Waals surface area contributed by atoms with E-state index in [1.165, 1.54) is 22.9 Å². The molecule has 0 aliphatic carbocycles. The van der Waals surface area contributed by atoms with Crippen molar-refractivity contribution in [1.82, 2.24) is 9.47 Å². The van der Waals surface area contributed by atoms with Crippen molar-refractivity contribution in [2.45, 2.75) is 26.0 Å². The van der Waals surface area contributed by atoms with E-state index in [1.807, 2.05) is 30.3 Å². The molecule has 1 aromatic heterocycles. The zero-order chi connectivity index (χ0) is 17.0. The van der Waals surface area contributed by atoms with E-state index in [4.69, 9.17) is 0 Å². The summed E-state index contributed by atoms with van der Waals surface area (Å²) in [7, 11) is 1.61. The van der Waals surface area contributed by atoms with Gasteiger partial charge in [-0.3, -0.25) is 9.59 Å². The number of aryl methyl sites for hydroxylation is 1. The second kappa shape index (κ2) is 6.79. The first-order valence-electron chi connectivity index (χ1n) is 7.48. The van der Waals surface area contributed by atoms with Gasteiger partial charge in [0.05, 0.1) is 11.2 Å². The van der Waals surface area contributed by atoms with Crippen LogP contribution in [-0.2, 0) is 13.6 Å². The van der Waals surface area contributed by atoms with Crippen LogP contribution in [0.4, 0.5) is 0 Å². The van der Waals surface area contributed by atoms with Gasteiger partial charge in [-0.15, -0.1) is 0 Å². The Balaban J connectivity index is 2.30. The Labute approximate surface area is 135 Å². The molecule has 23 heavy (non-hydrogen) atoms. The normalized spacial score (nSPS) is 11.3. The second-order valence-electron chi connectivity index (χ2n) is 6.33. The summed E-state index contributed by atoms with van der Waals surface area (Å²) < 4.78 is 1.37. The highest BCUT2D eigenvalue weighted by Gasteiger charge is 2.24. The number of carbonyl (C=O) groups excluding carboxylic acids is 1. The molecule has 5 nitrogen and oxygen atoms in total. The molecule has 1 aromatic carbocycles. The lowest BCUT2D eigenvalue weighted by molar-refractivity contribution is 0.0279. The quantitative estimate of drug-likeness (QED) is 0.915. The highest BCUT2D eigenvalue weighted by atomic mass is 16.3. The lowest BCUT2D eigenvalue weighted by atomic mass is 10.1. The summed E-state index contributed by atoms with van der Waals surface area (Å²) in [6, 6.07) is 12.5. The number of nitrogens with zero attached hydrogens (tertiary/aromatic N) is 2. The van der Waals surface area contributed by atoms with Crippen molar-refractivity contribution in [3.63, 3.8) is 0 Å². The summed E-state index contributed by atoms with van der Waals surface area (Å²) in [4.78, 5) is 25.9. The molecule has 0 bridgehead atoms. The number of hydrogen-bond donors (Lipinski definition) is 1. The molecule has 1 heterocycles. The van der Waals surface area contributed by atoms with Gasteiger partial charge in [0.25, 0.3) is 5.91 Å². The Bertz CT molecular complexity index is 730. The van der Waals surface area contributed by atoms with Crippen LogP contribution in [0, 0.1) is 0 Å². The zero-order valence-electron chi connectivity index (χ0n) is 13.7. The van der Waals surface area contributed by atoms with Crippen molar-refractivity contribution in [2.75, 3.05) is 6.54 Å². The molecule has 0 atom stereocenters. The molecular formula is C18H22N2O3. The highest BCUT2D eigenvalue weighted by Crippen LogP contribution is 2.13. The second-order valence-corrected chi connectivity index (χ2v) is 6.33. The van der Waals surface area contributed by atoms with E-state index in [-0.39, 0.29) is 18.0 Å². The van der Waals surface area contributed by atoms with Crippen molar-refractivity contribution in [3.05, 3.63) is 70.1 Å². The predicted octanol–water partition coefficient (Wildman–Crippen LogP) is 1.80. The number of amides is 1. The molecule has 0 aliphatic heterocycles. The molecule has 0 radical (unpaired) electrons. The maximum atomic E-state index is 12.8. The number of pyridine rings is 1. The molecule has 0 saturated heterocycles. The summed E-state index contributed by atoms with van der Waals surface area (Å²) >= 11 is 0. The Hall–Kier alpha value is -2.40. The molecule has 2 rings (SSSR count). The number of hydrogen-bond acceptors (Lipinski definition) is 3. The topological polar surface area (TPSA) is 62.5 Å². The Kier molecular flexibility index (Phi) is 5.01. The summed E-state index contributed by atoms with van der Waals surface area (Å²) in [5, 5.41) is 10.1. The van der Waals surface area contributed by atoms with E-state index < -0.39 is 5.60 Å². The lowest BCUT2D eigenvalue weighted by Gasteiger charge is -2.29. The molecule has 0 unspecified atom stereocenters. The first-order chi connectivity index (χ1) is 10.8. The summed E-state index contributed by atoms with van der Waals surface area (Å²) in [5.74, 6) is -0.216. The fraction of sp³-hybridized carbons (Fsp3) is 0.333. The van der Waals surface area contributed by atoms with Gasteiger partial charge < -0.3 is 14.6 Å². The first-order valence-corrected chi connectivity index (χ1v) is 7.48. The summed E-state index contributed by atoms with van der Waals surface area (Å²) in [6.45, 7) is 3.92. The summed E-state index contributed by atoms with van der Waals surface area (Å²) in [6.07, 6.45) is 1.52. The van der Waals surface area contributed by atoms with Crippen molar-refractivity contribution >= 4 is 5.91 Å². The number of aromatic nitrogens is 1. The third-order valence-corrected chi connectivity index (χ3v) is 3.41. The third kappa shape index (κ3) is 4.79. The Morgan fingerprint density at radius 1 is 1.17 bits per heavy atom. The van der Waals surface area contributed by atoms with Crippen LogP contribution in [-0.4, -0.2) is 32.6 Å². The van der Waals surface area contributed by atoms with Gasteiger partial charge in [-0.2, -0.15) is 0 Å². The van der Waals surface area contributed by atoms with Crippen molar-refractivity contribution in [2.24, 2.45) is 7.05 Å². The minimum atomic E-state index is -1.01. The highest BCUT2D eigenvalue weighted by molar-refractivity contribution is 5.93. The monoisotopic (exact) mass is 314 g/mol. The fourth-order valence-corrected chi connectivity index (χ4v) is 2.37. The van der Waals surface area contributed by atoms with E-state index in [0.29, 0.717) is 12.1 Å². The van der Waals surface area contributed by atoms with E-state index in [9.17, 15) is 14.7 Å². The molecule has 1 N–H and O–H groups in total. The number of rotatable bonds is 5. The fourth-order valence-electron chi connectivity index (χ4n) is 2.37. The van der Waals surface area contributed by atoms with Crippen molar-refractivity contribution in [1.29, 1.82) is 0 Å². The van der Waals surface area contributed by atoms with Gasteiger partial charge in [-0.1, -0.05) is 30.3 Å². The van der Waals surface area contributed by atoms with Crippen LogP contribution in [0.2, 0.25) is 0 Å². The lowest BCUT2D eigenvalue weighted by Crippen LogP contribution is -2.42. The SMILES string of the molecule is Cn1cc(C(=O)N(Cc2ccccc2)CC(C)(C)O)ccc1=O. The van der Waals surface area contributed by atoms with E-state index >= 15 is 0 Å². The van der Waals surface area contributed by atoms with Gasteiger partial charge in [0, 0.05) is 32.4 Å². The first kappa shape index (κ1) is 17.0. The van der Waals surface area contributed by atoms with Crippen LogP contribution in [0.5, 0.6) is 0 Å². The van der Waals surface area contributed by atoms with E-state index in [2.05, 4.69) is 0 Å². The largest absolute Gasteiger partial charge is 0.389 e. The zero-order valence-corrected chi connectivity index (χ0v) is 13.7. The van der Waals surface area contributed by atoms with Crippen molar-refractivity contribution < 1.29 is 9.90 Å². The van der Waals surface area contributed by atoms with Crippen molar-refractivity contribution in [3.8, 4) is 0 Å². The van der Waals surface area contributed by atoms with Gasteiger partial charge >= 0.3 is 0 Å². The van der Waals surface area contributed by atoms with Crippen LogP contribution in [0.25, 0.3) is 0 Å². The molecule has 0 saturated carbocycles. The smallest absolute Gasteiger partial charge is 0.255 e. The average Bonchev–Trinajstić information content (AvgIpc) is 2.48. The van der Waals surface area contributed by atoms with E-state index in [0.717, 1.165) is 5.56 Å². The molecule has 0 spiro atoms. The molecule has 2 aromatic rings. The third-order valence-electron chi connectivity index (χ3n) is 3.41. The van der Waals surface area contributed by atoms with Crippen LogP contribution in [0.3, 0.4) is 0 Å². The van der Waals surface area contributed by atoms with Crippen LogP contribution >= 0.6 is 0 Å². The average molecular weight is 314 g/mol. The number of carbonyl (C=O) groups is 1. The molecule has 0 fully saturated rings. The van der Waals surface area contributed by atoms with Gasteiger partial charge in [0.1, 0.15) is 0 Å². The van der Waals surface area contributed by atoms with Crippen LogP contribution < -0.4 is 5.56 Å². The van der Waals surface area contributed by atoms with Gasteiger partial charge in [0.15, 0.2) is 0 Å². The van der Waals surface area contributed by atoms with Crippen LogP contribution in [0.1, 0.15) is 29.8 Å². The van der Waals surface area contributed by atoms with Gasteiger partial charge in [-0.05, 0) is 25.5 Å². The molecule has 5 heteroatoms. The molecule has 0 aliphatic rings. The standard InChI is InChI=1S/C18H22N2O3/c1-18(2,23)13-20(11-14-7-5-4-6-8-14)17(22)15-9-10-16(21)19(3)12-15/h4-10,12,23H,11,13H2,1-3H3. The Morgan fingerprint density at radius 3 is 2.39 bits per heavy atom. The molecular weight excluding hydrogens is 292 g/mol. The minimum Gasteiger partial charge on any atom is -0.389 e. The maximum Gasteiger partial charge on any atom is 0.255 e. The maximum absolute atomic E-state index is 12.8. The number of aliphatic hydroxyl groups is 1. The summed E-state index contributed by atoms with van der Waals surface area (Å²) in [5.41, 5.74) is 0.228. The van der Waals surface area contributed by atoms with E-state index in [1.54, 1.807) is 25.8 Å². The molecule has 1 amide bonds. The van der Waals surface area contributed by atoms with Gasteiger partial charge in [-0.25, -0.2) is 0 Å². The Morgan fingerprint density at radius 2 is 1.83 bits per heavy atom. The number of benzene rings is 1. The molecule has 122 valence electrons. The van der Waals surface area contributed by atoms with Gasteiger partial charge in [0.2, 0.25) is 5.56 Å². The minimum absolute atomic E-state index is 0.168. The predicted molar refractivity (Wildman–Crippen MR) is 89.2 cm³/mol. The van der Waals surface area contributed by atoms with Crippen LogP contribution in [0.15, 0.2) is 53.5 Å².